The number of hydrogen-bond donors (Lipinski definition) is 1. The summed E-state index contributed by atoms with van der Waals surface area (Å²) >= 11 is 0. The Labute approximate surface area is 163 Å². The van der Waals surface area contributed by atoms with Gasteiger partial charge in [0, 0.05) is 11.6 Å². The van der Waals surface area contributed by atoms with E-state index in [0.717, 1.165) is 19.3 Å². The molecule has 0 aromatic heterocycles. The number of aromatic carboxylic acids is 1. The monoisotopic (exact) mass is 381 g/mol. The smallest absolute Gasteiger partial charge is 0.336 e. The first kappa shape index (κ1) is 23.1. The van der Waals surface area contributed by atoms with Crippen molar-refractivity contribution in [3.05, 3.63) is 17.2 Å². The van der Waals surface area contributed by atoms with Crippen LogP contribution in [0.25, 0.3) is 0 Å². The number of methoxy groups -OCH3 is 3. The van der Waals surface area contributed by atoms with Crippen LogP contribution in [0.15, 0.2) is 6.07 Å². The number of nitrogens with zero attached hydrogens (tertiary/aromatic N) is 1. The van der Waals surface area contributed by atoms with Gasteiger partial charge in [0.15, 0.2) is 11.5 Å². The Bertz CT molecular complexity index is 615. The minimum absolute atomic E-state index is 0.205. The van der Waals surface area contributed by atoms with E-state index in [0.29, 0.717) is 41.2 Å². The largest absolute Gasteiger partial charge is 0.493 e. The Kier molecular flexibility index (Phi) is 9.43. The molecule has 27 heavy (non-hydrogen) atoms. The van der Waals surface area contributed by atoms with Gasteiger partial charge in [-0.3, -0.25) is 0 Å². The predicted octanol–water partition coefficient (Wildman–Crippen LogP) is 4.10. The highest BCUT2D eigenvalue weighted by molar-refractivity contribution is 5.92. The highest BCUT2D eigenvalue weighted by Crippen LogP contribution is 2.43. The maximum atomic E-state index is 11.9. The number of hydrogen-bond acceptors (Lipinski definition) is 5. The summed E-state index contributed by atoms with van der Waals surface area (Å²) in [6, 6.07) is 1.84. The van der Waals surface area contributed by atoms with E-state index in [4.69, 9.17) is 14.2 Å². The van der Waals surface area contributed by atoms with Crippen LogP contribution in [0.5, 0.6) is 17.2 Å². The van der Waals surface area contributed by atoms with Crippen molar-refractivity contribution in [2.45, 2.75) is 52.0 Å². The molecule has 0 aliphatic rings. The molecule has 0 amide bonds. The Balaban J connectivity index is 3.43. The van der Waals surface area contributed by atoms with E-state index in [2.05, 4.69) is 32.8 Å². The van der Waals surface area contributed by atoms with Gasteiger partial charge >= 0.3 is 5.97 Å². The summed E-state index contributed by atoms with van der Waals surface area (Å²) in [6.45, 7) is 4.37. The Hall–Kier alpha value is -1.95. The van der Waals surface area contributed by atoms with Crippen LogP contribution in [-0.2, 0) is 6.42 Å². The standard InChI is InChI=1S/C21H35NO5/c1-8-9-10-11-15(14(2)22(3)4)12-16-17(21(23)24)13-18(25-5)20(27-7)19(16)26-6/h13-15H,8-12H2,1-7H3,(H,23,24). The molecule has 2 unspecified atom stereocenters. The SMILES string of the molecule is CCCCCC(Cc1c(C(=O)O)cc(OC)c(OC)c1OC)C(C)N(C)C. The van der Waals surface area contributed by atoms with Crippen molar-refractivity contribution in [1.29, 1.82) is 0 Å². The average Bonchev–Trinajstić information content (AvgIpc) is 2.65. The molecule has 1 N–H and O–H groups in total. The van der Waals surface area contributed by atoms with E-state index in [1.807, 2.05) is 0 Å². The maximum Gasteiger partial charge on any atom is 0.336 e. The molecule has 1 aromatic carbocycles. The van der Waals surface area contributed by atoms with Crippen LogP contribution in [0.3, 0.4) is 0 Å². The van der Waals surface area contributed by atoms with Gasteiger partial charge in [0.25, 0.3) is 0 Å². The second kappa shape index (κ2) is 11.0. The van der Waals surface area contributed by atoms with Crippen LogP contribution >= 0.6 is 0 Å². The maximum absolute atomic E-state index is 11.9. The zero-order chi connectivity index (χ0) is 20.6. The second-order valence-corrected chi connectivity index (χ2v) is 7.14. The molecule has 0 spiro atoms. The average molecular weight is 382 g/mol. The van der Waals surface area contributed by atoms with Gasteiger partial charge in [-0.2, -0.15) is 0 Å². The van der Waals surface area contributed by atoms with Gasteiger partial charge in [0.2, 0.25) is 5.75 Å². The number of unbranched alkanes of at least 4 members (excludes halogenated alkanes) is 2. The van der Waals surface area contributed by atoms with Gasteiger partial charge in [-0.25, -0.2) is 4.79 Å². The molecule has 0 fully saturated rings. The molecule has 6 nitrogen and oxygen atoms in total. The van der Waals surface area contributed by atoms with Crippen molar-refractivity contribution in [2.24, 2.45) is 5.92 Å². The molecular formula is C21H35NO5. The summed E-state index contributed by atoms with van der Waals surface area (Å²) in [5.41, 5.74) is 0.869. The van der Waals surface area contributed by atoms with E-state index in [9.17, 15) is 9.90 Å². The first-order valence-electron chi connectivity index (χ1n) is 9.53. The number of ether oxygens (including phenoxy) is 3. The number of carbonyl (C=O) groups is 1. The van der Waals surface area contributed by atoms with E-state index in [-0.39, 0.29) is 5.56 Å². The Morgan fingerprint density at radius 1 is 1.11 bits per heavy atom. The fourth-order valence-corrected chi connectivity index (χ4v) is 3.46. The van der Waals surface area contributed by atoms with Gasteiger partial charge in [-0.15, -0.1) is 0 Å². The second-order valence-electron chi connectivity index (χ2n) is 7.14. The van der Waals surface area contributed by atoms with Gasteiger partial charge in [-0.1, -0.05) is 26.2 Å². The third kappa shape index (κ3) is 5.76. The van der Waals surface area contributed by atoms with Crippen LogP contribution in [-0.4, -0.2) is 57.4 Å². The highest BCUT2D eigenvalue weighted by atomic mass is 16.5. The van der Waals surface area contributed by atoms with E-state index in [1.165, 1.54) is 33.8 Å². The molecule has 0 heterocycles. The lowest BCUT2D eigenvalue weighted by molar-refractivity contribution is 0.0694. The quantitative estimate of drug-likeness (QED) is 0.550. The minimum Gasteiger partial charge on any atom is -0.493 e. The van der Waals surface area contributed by atoms with Gasteiger partial charge in [0.05, 0.1) is 26.9 Å². The summed E-state index contributed by atoms with van der Waals surface area (Å²) in [5, 5.41) is 9.78. The number of carboxylic acids is 1. The Morgan fingerprint density at radius 2 is 1.74 bits per heavy atom. The lowest BCUT2D eigenvalue weighted by Crippen LogP contribution is -2.34. The number of benzene rings is 1. The van der Waals surface area contributed by atoms with Gasteiger partial charge in [-0.05, 0) is 45.8 Å². The molecule has 2 atom stereocenters. The summed E-state index contributed by atoms with van der Waals surface area (Å²) in [5.74, 6) is 0.551. The van der Waals surface area contributed by atoms with Crippen LogP contribution < -0.4 is 14.2 Å². The number of rotatable bonds is 12. The zero-order valence-corrected chi connectivity index (χ0v) is 17.8. The lowest BCUT2D eigenvalue weighted by Gasteiger charge is -2.31. The van der Waals surface area contributed by atoms with Crippen LogP contribution in [0, 0.1) is 5.92 Å². The molecule has 1 aromatic rings. The van der Waals surface area contributed by atoms with E-state index in [1.54, 1.807) is 0 Å². The molecule has 0 radical (unpaired) electrons. The highest BCUT2D eigenvalue weighted by Gasteiger charge is 2.28. The summed E-state index contributed by atoms with van der Waals surface area (Å²) in [4.78, 5) is 14.1. The van der Waals surface area contributed by atoms with Crippen molar-refractivity contribution in [2.75, 3.05) is 35.4 Å². The zero-order valence-electron chi connectivity index (χ0n) is 17.8. The first-order valence-corrected chi connectivity index (χ1v) is 9.53. The van der Waals surface area contributed by atoms with E-state index < -0.39 is 5.97 Å². The molecule has 0 saturated carbocycles. The lowest BCUT2D eigenvalue weighted by atomic mass is 9.85. The van der Waals surface area contributed by atoms with Gasteiger partial charge < -0.3 is 24.2 Å². The molecule has 0 saturated heterocycles. The van der Waals surface area contributed by atoms with Crippen molar-refractivity contribution >= 4 is 5.97 Å². The van der Waals surface area contributed by atoms with Crippen LogP contribution in [0.1, 0.15) is 55.5 Å². The minimum atomic E-state index is -0.992. The fraction of sp³-hybridized carbons (Fsp3) is 0.667. The fourth-order valence-electron chi connectivity index (χ4n) is 3.46. The first-order chi connectivity index (χ1) is 12.8. The molecule has 6 heteroatoms. The third-order valence-corrected chi connectivity index (χ3v) is 5.30. The molecule has 0 aliphatic heterocycles. The van der Waals surface area contributed by atoms with Crippen molar-refractivity contribution in [3.8, 4) is 17.2 Å². The van der Waals surface area contributed by atoms with E-state index >= 15 is 0 Å². The molecule has 154 valence electrons. The topological polar surface area (TPSA) is 68.2 Å². The van der Waals surface area contributed by atoms with Crippen molar-refractivity contribution in [3.63, 3.8) is 0 Å². The van der Waals surface area contributed by atoms with Crippen LogP contribution in [0.2, 0.25) is 0 Å². The normalized spacial score (nSPS) is 13.3. The third-order valence-electron chi connectivity index (χ3n) is 5.30. The van der Waals surface area contributed by atoms with Crippen LogP contribution in [0.4, 0.5) is 0 Å². The molecule has 0 bridgehead atoms. The van der Waals surface area contributed by atoms with Crippen molar-refractivity contribution in [1.82, 2.24) is 4.90 Å². The predicted molar refractivity (Wildman–Crippen MR) is 108 cm³/mol. The number of carboxylic acid groups (broad SMARTS) is 1. The van der Waals surface area contributed by atoms with Gasteiger partial charge in [0.1, 0.15) is 0 Å². The summed E-state index contributed by atoms with van der Waals surface area (Å²) < 4.78 is 16.4. The Morgan fingerprint density at radius 3 is 2.19 bits per heavy atom. The molecule has 1 rings (SSSR count). The van der Waals surface area contributed by atoms with Crippen molar-refractivity contribution < 1.29 is 24.1 Å². The summed E-state index contributed by atoms with van der Waals surface area (Å²) in [7, 11) is 8.67. The molecule has 0 aliphatic carbocycles. The summed E-state index contributed by atoms with van der Waals surface area (Å²) in [6.07, 6.45) is 5.09. The molecular weight excluding hydrogens is 346 g/mol.